The number of para-hydroxylation sites is 2. The van der Waals surface area contributed by atoms with E-state index in [0.29, 0.717) is 19.8 Å². The number of pyridine rings is 1. The van der Waals surface area contributed by atoms with Gasteiger partial charge in [0.15, 0.2) is 0 Å². The fraction of sp³-hybridized carbons (Fsp3) is 0.536. The summed E-state index contributed by atoms with van der Waals surface area (Å²) in [6.45, 7) is 8.25. The predicted molar refractivity (Wildman–Crippen MR) is 141 cm³/mol. The van der Waals surface area contributed by atoms with Gasteiger partial charge in [0.25, 0.3) is 0 Å². The molecule has 1 aliphatic carbocycles. The number of benzene rings is 1. The predicted octanol–water partition coefficient (Wildman–Crippen LogP) is 5.22. The number of alkyl carbamates (subject to hydrolysis) is 1. The van der Waals surface area contributed by atoms with Crippen molar-refractivity contribution in [3.63, 3.8) is 0 Å². The minimum absolute atomic E-state index is 0.240. The molecule has 2 heterocycles. The van der Waals surface area contributed by atoms with E-state index in [1.807, 2.05) is 45.2 Å². The van der Waals surface area contributed by atoms with Gasteiger partial charge in [-0.15, -0.1) is 0 Å². The number of unbranched alkanes of at least 4 members (excludes halogenated alkanes) is 1. The van der Waals surface area contributed by atoms with Crippen LogP contribution in [0.4, 0.5) is 4.79 Å². The van der Waals surface area contributed by atoms with Gasteiger partial charge in [0.2, 0.25) is 0 Å². The SMILES string of the molecule is COCn1c(CN(CCCCNC(=O)OC(C)(C)C)[C@@H]2CCCc3cccnc32)nc2ccccc21. The maximum atomic E-state index is 12.0. The summed E-state index contributed by atoms with van der Waals surface area (Å²) in [7, 11) is 1.72. The fourth-order valence-electron chi connectivity index (χ4n) is 4.93. The number of ether oxygens (including phenoxy) is 2. The molecule has 0 fully saturated rings. The van der Waals surface area contributed by atoms with Crippen LogP contribution in [0.3, 0.4) is 0 Å². The average molecular weight is 494 g/mol. The number of methoxy groups -OCH3 is 1. The number of nitrogens with zero attached hydrogens (tertiary/aromatic N) is 4. The molecule has 4 rings (SSSR count). The van der Waals surface area contributed by atoms with Crippen molar-refractivity contribution < 1.29 is 14.3 Å². The third-order valence-corrected chi connectivity index (χ3v) is 6.48. The van der Waals surface area contributed by atoms with Crippen molar-refractivity contribution in [1.82, 2.24) is 24.8 Å². The van der Waals surface area contributed by atoms with E-state index >= 15 is 0 Å². The largest absolute Gasteiger partial charge is 0.444 e. The highest BCUT2D eigenvalue weighted by atomic mass is 16.6. The molecular weight excluding hydrogens is 454 g/mol. The number of carbonyl (C=O) groups is 1. The van der Waals surface area contributed by atoms with Crippen molar-refractivity contribution in [2.24, 2.45) is 0 Å². The Bertz CT molecular complexity index is 1150. The summed E-state index contributed by atoms with van der Waals surface area (Å²) >= 11 is 0. The minimum Gasteiger partial charge on any atom is -0.444 e. The number of hydrogen-bond donors (Lipinski definition) is 1. The number of amides is 1. The van der Waals surface area contributed by atoms with Crippen LogP contribution in [0.1, 0.15) is 69.6 Å². The first kappa shape index (κ1) is 26.1. The van der Waals surface area contributed by atoms with Gasteiger partial charge in [-0.1, -0.05) is 18.2 Å². The van der Waals surface area contributed by atoms with E-state index in [9.17, 15) is 4.79 Å². The molecule has 2 aromatic heterocycles. The number of imidazole rings is 1. The Kier molecular flexibility index (Phi) is 8.59. The molecule has 0 radical (unpaired) electrons. The average Bonchev–Trinajstić information content (AvgIpc) is 3.19. The van der Waals surface area contributed by atoms with E-state index in [0.717, 1.165) is 55.5 Å². The van der Waals surface area contributed by atoms with Crippen LogP contribution in [-0.2, 0) is 29.2 Å². The molecule has 36 heavy (non-hydrogen) atoms. The van der Waals surface area contributed by atoms with Crippen molar-refractivity contribution in [1.29, 1.82) is 0 Å². The van der Waals surface area contributed by atoms with E-state index in [2.05, 4.69) is 33.0 Å². The lowest BCUT2D eigenvalue weighted by molar-refractivity contribution is 0.0526. The second-order valence-corrected chi connectivity index (χ2v) is 10.4. The molecule has 1 atom stereocenters. The summed E-state index contributed by atoms with van der Waals surface area (Å²) in [6, 6.07) is 12.7. The van der Waals surface area contributed by atoms with Crippen molar-refractivity contribution in [2.45, 2.75) is 77.8 Å². The number of aromatic nitrogens is 3. The Balaban J connectivity index is 1.49. The summed E-state index contributed by atoms with van der Waals surface area (Å²) in [5, 5.41) is 2.88. The molecule has 0 spiro atoms. The van der Waals surface area contributed by atoms with Crippen LogP contribution in [0.2, 0.25) is 0 Å². The van der Waals surface area contributed by atoms with E-state index in [4.69, 9.17) is 19.4 Å². The van der Waals surface area contributed by atoms with Crippen molar-refractivity contribution >= 4 is 17.1 Å². The number of fused-ring (bicyclic) bond motifs is 2. The van der Waals surface area contributed by atoms with Crippen LogP contribution in [0.25, 0.3) is 11.0 Å². The number of hydrogen-bond acceptors (Lipinski definition) is 6. The second kappa shape index (κ2) is 11.8. The zero-order valence-corrected chi connectivity index (χ0v) is 22.0. The van der Waals surface area contributed by atoms with Crippen LogP contribution < -0.4 is 5.32 Å². The van der Waals surface area contributed by atoms with E-state index in [-0.39, 0.29) is 12.1 Å². The quantitative estimate of drug-likeness (QED) is 0.390. The van der Waals surface area contributed by atoms with Crippen molar-refractivity contribution in [3.8, 4) is 0 Å². The Morgan fingerprint density at radius 3 is 2.83 bits per heavy atom. The molecule has 0 saturated heterocycles. The number of nitrogens with one attached hydrogen (secondary N) is 1. The monoisotopic (exact) mass is 493 g/mol. The summed E-state index contributed by atoms with van der Waals surface area (Å²) < 4.78 is 13.0. The summed E-state index contributed by atoms with van der Waals surface area (Å²) in [5.41, 5.74) is 4.10. The lowest BCUT2D eigenvalue weighted by Crippen LogP contribution is -2.35. The number of aryl methyl sites for hydroxylation is 1. The Morgan fingerprint density at radius 1 is 1.19 bits per heavy atom. The van der Waals surface area contributed by atoms with Gasteiger partial charge in [0, 0.05) is 19.9 Å². The highest BCUT2D eigenvalue weighted by molar-refractivity contribution is 5.75. The van der Waals surface area contributed by atoms with Crippen LogP contribution in [0.5, 0.6) is 0 Å². The van der Waals surface area contributed by atoms with Crippen LogP contribution in [0.15, 0.2) is 42.6 Å². The topological polar surface area (TPSA) is 81.5 Å². The number of rotatable bonds is 10. The maximum absolute atomic E-state index is 12.0. The lowest BCUT2D eigenvalue weighted by Gasteiger charge is -2.35. The van der Waals surface area contributed by atoms with Gasteiger partial charge < -0.3 is 19.4 Å². The molecule has 1 aliphatic rings. The highest BCUT2D eigenvalue weighted by Crippen LogP contribution is 2.34. The van der Waals surface area contributed by atoms with Crippen LogP contribution >= 0.6 is 0 Å². The molecule has 194 valence electrons. The minimum atomic E-state index is -0.490. The van der Waals surface area contributed by atoms with E-state index < -0.39 is 5.60 Å². The van der Waals surface area contributed by atoms with Gasteiger partial charge in [-0.2, -0.15) is 0 Å². The normalized spacial score (nSPS) is 15.8. The molecule has 1 N–H and O–H groups in total. The van der Waals surface area contributed by atoms with Gasteiger partial charge in [-0.05, 0) is 83.2 Å². The molecule has 1 aromatic carbocycles. The number of carbonyl (C=O) groups excluding carboxylic acids is 1. The smallest absolute Gasteiger partial charge is 0.407 e. The van der Waals surface area contributed by atoms with Gasteiger partial charge in [0.05, 0.1) is 29.3 Å². The standard InChI is InChI=1S/C28H39N5O3/c1-28(2,3)36-27(34)30-16-7-8-18-32(24-15-9-11-21-12-10-17-29-26(21)24)19-25-31-22-13-5-6-14-23(22)33(25)20-35-4/h5-6,10,12-14,17,24H,7-9,11,15-16,18-20H2,1-4H3,(H,30,34)/t24-/m1/s1. The third kappa shape index (κ3) is 6.62. The Hall–Kier alpha value is -2.97. The zero-order valence-electron chi connectivity index (χ0n) is 22.0. The summed E-state index contributed by atoms with van der Waals surface area (Å²) in [4.78, 5) is 24.3. The van der Waals surface area contributed by atoms with Gasteiger partial charge in [-0.25, -0.2) is 9.78 Å². The Morgan fingerprint density at radius 2 is 2.03 bits per heavy atom. The lowest BCUT2D eigenvalue weighted by atomic mass is 9.90. The summed E-state index contributed by atoms with van der Waals surface area (Å²) in [5.74, 6) is 0.994. The van der Waals surface area contributed by atoms with E-state index in [1.165, 1.54) is 11.3 Å². The molecular formula is C28H39N5O3. The summed E-state index contributed by atoms with van der Waals surface area (Å²) in [6.07, 6.45) is 6.65. The molecule has 8 heteroatoms. The molecule has 0 saturated carbocycles. The maximum Gasteiger partial charge on any atom is 0.407 e. The van der Waals surface area contributed by atoms with Gasteiger partial charge in [-0.3, -0.25) is 9.88 Å². The van der Waals surface area contributed by atoms with Gasteiger partial charge >= 0.3 is 6.09 Å². The molecule has 8 nitrogen and oxygen atoms in total. The van der Waals surface area contributed by atoms with Crippen molar-refractivity contribution in [2.75, 3.05) is 20.2 Å². The molecule has 0 unspecified atom stereocenters. The first-order chi connectivity index (χ1) is 17.4. The zero-order chi connectivity index (χ0) is 25.5. The van der Waals surface area contributed by atoms with Crippen LogP contribution in [-0.4, -0.2) is 51.3 Å². The molecule has 3 aromatic rings. The second-order valence-electron chi connectivity index (χ2n) is 10.4. The first-order valence-electron chi connectivity index (χ1n) is 12.9. The fourth-order valence-corrected chi connectivity index (χ4v) is 4.93. The third-order valence-electron chi connectivity index (χ3n) is 6.48. The van der Waals surface area contributed by atoms with E-state index in [1.54, 1.807) is 7.11 Å². The molecule has 0 aliphatic heterocycles. The first-order valence-corrected chi connectivity index (χ1v) is 12.9. The Labute approximate surface area is 214 Å². The highest BCUT2D eigenvalue weighted by Gasteiger charge is 2.28. The molecule has 1 amide bonds. The van der Waals surface area contributed by atoms with Crippen molar-refractivity contribution in [3.05, 3.63) is 59.7 Å². The molecule has 0 bridgehead atoms. The van der Waals surface area contributed by atoms with Crippen LogP contribution in [0, 0.1) is 0 Å². The van der Waals surface area contributed by atoms with Gasteiger partial charge in [0.1, 0.15) is 18.2 Å².